The zero-order valence-corrected chi connectivity index (χ0v) is 16.3. The molecule has 5 nitrogen and oxygen atoms in total. The average Bonchev–Trinajstić information content (AvgIpc) is 3.17. The highest BCUT2D eigenvalue weighted by Crippen LogP contribution is 2.54. The highest BCUT2D eigenvalue weighted by Gasteiger charge is 2.37. The summed E-state index contributed by atoms with van der Waals surface area (Å²) in [4.78, 5) is 6.10. The molecule has 2 aromatic carbocycles. The summed E-state index contributed by atoms with van der Waals surface area (Å²) in [5, 5.41) is 23.1. The van der Waals surface area contributed by atoms with E-state index >= 15 is 0 Å². The molecule has 2 heterocycles. The topological polar surface area (TPSA) is 81.3 Å². The fraction of sp³-hybridized carbons (Fsp3) is 0.143. The number of rotatable bonds is 2. The largest absolute Gasteiger partial charge is 0.497 e. The van der Waals surface area contributed by atoms with Crippen LogP contribution >= 0.6 is 23.2 Å². The van der Waals surface area contributed by atoms with Crippen LogP contribution in [-0.4, -0.2) is 27.3 Å². The number of aromatic amines is 2. The Morgan fingerprint density at radius 1 is 0.964 bits per heavy atom. The number of methoxy groups -OCH3 is 1. The summed E-state index contributed by atoms with van der Waals surface area (Å²) >= 11 is 12.9. The number of hydrogen-bond donors (Lipinski definition) is 4. The lowest BCUT2D eigenvalue weighted by atomic mass is 9.79. The Bertz CT molecular complexity index is 1220. The van der Waals surface area contributed by atoms with Gasteiger partial charge in [0.1, 0.15) is 5.75 Å². The fourth-order valence-corrected chi connectivity index (χ4v) is 4.93. The number of fused-ring (bicyclic) bond motifs is 5. The van der Waals surface area contributed by atoms with Gasteiger partial charge in [0.15, 0.2) is 11.8 Å². The van der Waals surface area contributed by atoms with Crippen molar-refractivity contribution in [2.24, 2.45) is 0 Å². The highest BCUT2D eigenvalue weighted by atomic mass is 35.5. The zero-order valence-electron chi connectivity index (χ0n) is 14.8. The summed E-state index contributed by atoms with van der Waals surface area (Å²) in [7, 11) is 1.61. The third-order valence-electron chi connectivity index (χ3n) is 5.44. The van der Waals surface area contributed by atoms with E-state index in [0.717, 1.165) is 27.7 Å². The first kappa shape index (κ1) is 17.3. The third kappa shape index (κ3) is 2.33. The Hall–Kier alpha value is -2.76. The molecular weight excluding hydrogens is 399 g/mol. The molecule has 0 saturated heterocycles. The summed E-state index contributed by atoms with van der Waals surface area (Å²) in [5.41, 5.74) is 4.57. The summed E-state index contributed by atoms with van der Waals surface area (Å²) in [6.45, 7) is 0. The van der Waals surface area contributed by atoms with Gasteiger partial charge in [-0.15, -0.1) is 0 Å². The molecule has 0 amide bonds. The number of aromatic nitrogens is 2. The van der Waals surface area contributed by atoms with Crippen molar-refractivity contribution in [1.29, 1.82) is 0 Å². The lowest BCUT2D eigenvalue weighted by Crippen LogP contribution is -2.12. The normalized spacial score (nSPS) is 15.5. The number of nitrogens with one attached hydrogen (secondary N) is 2. The molecule has 1 aliphatic carbocycles. The average molecular weight is 415 g/mol. The molecule has 1 aliphatic rings. The van der Waals surface area contributed by atoms with Gasteiger partial charge in [0, 0.05) is 43.7 Å². The minimum Gasteiger partial charge on any atom is -0.497 e. The first-order valence-electron chi connectivity index (χ1n) is 8.76. The number of H-pyrrole nitrogens is 2. The lowest BCUT2D eigenvalue weighted by Gasteiger charge is -2.25. The third-order valence-corrected chi connectivity index (χ3v) is 6.10. The van der Waals surface area contributed by atoms with Gasteiger partial charge in [0.05, 0.1) is 12.7 Å². The van der Waals surface area contributed by atoms with Crippen molar-refractivity contribution < 1.29 is 14.9 Å². The summed E-state index contributed by atoms with van der Waals surface area (Å²) < 4.78 is 5.36. The van der Waals surface area contributed by atoms with Crippen molar-refractivity contribution in [3.05, 3.63) is 63.3 Å². The molecule has 0 aliphatic heterocycles. The summed E-state index contributed by atoms with van der Waals surface area (Å²) in [5.74, 6) is 0.226. The second-order valence-corrected chi connectivity index (χ2v) is 7.71. The first-order chi connectivity index (χ1) is 13.5. The molecule has 1 unspecified atom stereocenters. The summed E-state index contributed by atoms with van der Waals surface area (Å²) in [6.07, 6.45) is 0.549. The number of halogens is 2. The van der Waals surface area contributed by atoms with E-state index in [1.54, 1.807) is 25.3 Å². The van der Waals surface area contributed by atoms with Crippen molar-refractivity contribution in [3.8, 4) is 28.6 Å². The van der Waals surface area contributed by atoms with E-state index in [2.05, 4.69) is 9.97 Å². The number of aromatic hydroxyl groups is 2. The predicted octanol–water partition coefficient (Wildman–Crippen LogP) is 5.58. The Morgan fingerprint density at radius 2 is 1.71 bits per heavy atom. The van der Waals surface area contributed by atoms with Gasteiger partial charge < -0.3 is 19.9 Å². The fourth-order valence-electron chi connectivity index (χ4n) is 4.27. The second-order valence-electron chi connectivity index (χ2n) is 6.89. The molecule has 0 fully saturated rings. The maximum absolute atomic E-state index is 10.6. The molecule has 5 rings (SSSR count). The molecule has 0 spiro atoms. The van der Waals surface area contributed by atoms with Crippen molar-refractivity contribution in [1.82, 2.24) is 9.97 Å². The minimum atomic E-state index is -0.309. The van der Waals surface area contributed by atoms with E-state index in [1.807, 2.05) is 18.2 Å². The predicted molar refractivity (Wildman–Crippen MR) is 110 cm³/mol. The van der Waals surface area contributed by atoms with Crippen LogP contribution in [-0.2, 0) is 6.42 Å². The lowest BCUT2D eigenvalue weighted by molar-refractivity contribution is 0.415. The minimum absolute atomic E-state index is 0.0867. The molecule has 0 radical (unpaired) electrons. The van der Waals surface area contributed by atoms with Crippen LogP contribution in [0.4, 0.5) is 0 Å². The van der Waals surface area contributed by atoms with E-state index in [9.17, 15) is 10.2 Å². The standard InChI is InChI=1S/C21H16Cl2N2O3/c1-28-9-5-6-14-10(7-9)17-15(24-14)8-11(16-12(22)3-2-4-13(16)23)18-19(17)21(27)25-20(18)26/h2-7,11,24-27H,8H2,1H3. The number of ether oxygens (including phenoxy) is 1. The quantitative estimate of drug-likeness (QED) is 0.345. The Kier molecular flexibility index (Phi) is 3.79. The van der Waals surface area contributed by atoms with Crippen LogP contribution in [0.3, 0.4) is 0 Å². The van der Waals surface area contributed by atoms with Crippen molar-refractivity contribution >= 4 is 34.1 Å². The highest BCUT2D eigenvalue weighted by molar-refractivity contribution is 6.36. The summed E-state index contributed by atoms with van der Waals surface area (Å²) in [6, 6.07) is 11.1. The van der Waals surface area contributed by atoms with Gasteiger partial charge in [-0.25, -0.2) is 0 Å². The van der Waals surface area contributed by atoms with E-state index in [0.29, 0.717) is 33.3 Å². The van der Waals surface area contributed by atoms with Gasteiger partial charge in [0.2, 0.25) is 0 Å². The van der Waals surface area contributed by atoms with Crippen LogP contribution in [0.25, 0.3) is 22.0 Å². The van der Waals surface area contributed by atoms with Crippen LogP contribution in [0.15, 0.2) is 36.4 Å². The zero-order chi connectivity index (χ0) is 19.6. The van der Waals surface area contributed by atoms with E-state index in [1.165, 1.54) is 0 Å². The Labute approximate surface area is 170 Å². The van der Waals surface area contributed by atoms with Gasteiger partial charge in [-0.1, -0.05) is 29.3 Å². The maximum atomic E-state index is 10.6. The smallest absolute Gasteiger partial charge is 0.199 e. The van der Waals surface area contributed by atoms with Gasteiger partial charge >= 0.3 is 0 Å². The van der Waals surface area contributed by atoms with Crippen molar-refractivity contribution in [2.45, 2.75) is 12.3 Å². The van der Waals surface area contributed by atoms with E-state index in [4.69, 9.17) is 27.9 Å². The molecule has 0 saturated carbocycles. The number of benzene rings is 2. The van der Waals surface area contributed by atoms with Crippen molar-refractivity contribution in [3.63, 3.8) is 0 Å². The van der Waals surface area contributed by atoms with Gasteiger partial charge in [0.25, 0.3) is 0 Å². The Morgan fingerprint density at radius 3 is 2.43 bits per heavy atom. The van der Waals surface area contributed by atoms with Crippen LogP contribution in [0.5, 0.6) is 17.5 Å². The molecule has 28 heavy (non-hydrogen) atoms. The maximum Gasteiger partial charge on any atom is 0.199 e. The van der Waals surface area contributed by atoms with E-state index < -0.39 is 0 Å². The van der Waals surface area contributed by atoms with Crippen LogP contribution in [0.1, 0.15) is 22.7 Å². The molecule has 142 valence electrons. The molecule has 1 atom stereocenters. The van der Waals surface area contributed by atoms with Crippen LogP contribution in [0, 0.1) is 0 Å². The number of hydrogen-bond acceptors (Lipinski definition) is 3. The Balaban J connectivity index is 1.83. The molecule has 0 bridgehead atoms. The van der Waals surface area contributed by atoms with Crippen LogP contribution < -0.4 is 4.74 Å². The van der Waals surface area contributed by atoms with Crippen LogP contribution in [0.2, 0.25) is 10.0 Å². The monoisotopic (exact) mass is 414 g/mol. The first-order valence-corrected chi connectivity index (χ1v) is 9.51. The second kappa shape index (κ2) is 6.12. The van der Waals surface area contributed by atoms with Crippen molar-refractivity contribution in [2.75, 3.05) is 7.11 Å². The molecule has 7 heteroatoms. The van der Waals surface area contributed by atoms with Gasteiger partial charge in [-0.05, 0) is 42.3 Å². The molecule has 2 aromatic heterocycles. The molecular formula is C21H16Cl2N2O3. The molecule has 4 N–H and O–H groups in total. The SMILES string of the molecule is COc1ccc2[nH]c3c(c2c1)-c1c(O)[nH]c(O)c1C(c1c(Cl)cccc1Cl)C3. The van der Waals surface area contributed by atoms with Gasteiger partial charge in [-0.2, -0.15) is 0 Å². The van der Waals surface area contributed by atoms with Gasteiger partial charge in [-0.3, -0.25) is 4.98 Å². The molecule has 4 aromatic rings. The van der Waals surface area contributed by atoms with E-state index in [-0.39, 0.29) is 17.7 Å².